The molecule has 0 atom stereocenters. The molecule has 0 unspecified atom stereocenters. The lowest BCUT2D eigenvalue weighted by Gasteiger charge is -2.26. The quantitative estimate of drug-likeness (QED) is 0.671. The van der Waals surface area contributed by atoms with E-state index < -0.39 is 0 Å². The minimum Gasteiger partial charge on any atom is -0.496 e. The van der Waals surface area contributed by atoms with Gasteiger partial charge in [-0.05, 0) is 18.1 Å². The lowest BCUT2D eigenvalue weighted by Crippen LogP contribution is -2.41. The molecule has 2 N–H and O–H groups in total. The van der Waals surface area contributed by atoms with Crippen molar-refractivity contribution in [1.29, 1.82) is 0 Å². The van der Waals surface area contributed by atoms with Crippen molar-refractivity contribution in [2.75, 3.05) is 58.4 Å². The first-order valence-electron chi connectivity index (χ1n) is 9.52. The molecule has 1 amide bonds. The summed E-state index contributed by atoms with van der Waals surface area (Å²) in [4.78, 5) is 22.9. The van der Waals surface area contributed by atoms with E-state index in [0.717, 1.165) is 50.6 Å². The summed E-state index contributed by atoms with van der Waals surface area (Å²) in [6.45, 7) is 5.42. The number of nitrogens with one attached hydrogen (secondary N) is 2. The van der Waals surface area contributed by atoms with Crippen LogP contribution < -0.4 is 15.4 Å². The van der Waals surface area contributed by atoms with E-state index in [9.17, 15) is 4.79 Å². The summed E-state index contributed by atoms with van der Waals surface area (Å²) in [5.41, 5.74) is 1.58. The fourth-order valence-corrected chi connectivity index (χ4v) is 3.01. The lowest BCUT2D eigenvalue weighted by molar-refractivity contribution is 0.0383. The van der Waals surface area contributed by atoms with Crippen molar-refractivity contribution in [3.05, 3.63) is 47.8 Å². The molecule has 1 aromatic heterocycles. The fourth-order valence-electron chi connectivity index (χ4n) is 3.01. The second-order valence-electron chi connectivity index (χ2n) is 6.49. The summed E-state index contributed by atoms with van der Waals surface area (Å²) in [5, 5.41) is 6.08. The maximum Gasteiger partial charge on any atom is 0.254 e. The monoisotopic (exact) mass is 385 g/mol. The molecule has 2 heterocycles. The smallest absolute Gasteiger partial charge is 0.254 e. The van der Waals surface area contributed by atoms with E-state index in [0.29, 0.717) is 24.6 Å². The van der Waals surface area contributed by atoms with E-state index in [1.54, 1.807) is 19.5 Å². The zero-order valence-electron chi connectivity index (χ0n) is 16.2. The molecule has 1 saturated heterocycles. The number of hydrogen-bond donors (Lipinski definition) is 2. The van der Waals surface area contributed by atoms with Crippen molar-refractivity contribution in [2.45, 2.75) is 6.42 Å². The number of para-hydroxylation sites is 1. The summed E-state index contributed by atoms with van der Waals surface area (Å²) >= 11 is 0. The number of aromatic nitrogens is 2. The molecule has 0 bridgehead atoms. The molecule has 2 aromatic rings. The molecule has 0 aliphatic carbocycles. The Balaban J connectivity index is 1.40. The van der Waals surface area contributed by atoms with Crippen LogP contribution in [0.2, 0.25) is 0 Å². The van der Waals surface area contributed by atoms with Gasteiger partial charge in [-0.25, -0.2) is 9.97 Å². The zero-order valence-corrected chi connectivity index (χ0v) is 16.2. The van der Waals surface area contributed by atoms with Crippen LogP contribution in [0.15, 0.2) is 36.7 Å². The number of rotatable bonds is 9. The average molecular weight is 385 g/mol. The number of morpholine rings is 1. The summed E-state index contributed by atoms with van der Waals surface area (Å²) in [5.74, 6) is 1.21. The Labute approximate surface area is 165 Å². The Hall–Kier alpha value is -2.71. The van der Waals surface area contributed by atoms with E-state index in [1.165, 1.54) is 0 Å². The van der Waals surface area contributed by atoms with Gasteiger partial charge in [0, 0.05) is 45.1 Å². The molecule has 1 fully saturated rings. The van der Waals surface area contributed by atoms with Crippen molar-refractivity contribution in [3.8, 4) is 5.75 Å². The van der Waals surface area contributed by atoms with Gasteiger partial charge in [-0.2, -0.15) is 0 Å². The molecule has 1 aromatic carbocycles. The molecular formula is C20H27N5O3. The Kier molecular flexibility index (Phi) is 7.57. The van der Waals surface area contributed by atoms with Crippen LogP contribution in [0.3, 0.4) is 0 Å². The summed E-state index contributed by atoms with van der Waals surface area (Å²) in [6, 6.07) is 7.91. The number of hydrogen-bond acceptors (Lipinski definition) is 7. The molecular weight excluding hydrogens is 358 g/mol. The van der Waals surface area contributed by atoms with Crippen LogP contribution in [-0.2, 0) is 11.2 Å². The Bertz CT molecular complexity index is 748. The number of benzene rings is 1. The van der Waals surface area contributed by atoms with E-state index in [2.05, 4.69) is 25.5 Å². The zero-order chi connectivity index (χ0) is 19.6. The molecule has 0 spiro atoms. The third kappa shape index (κ3) is 5.90. The van der Waals surface area contributed by atoms with Gasteiger partial charge in [-0.1, -0.05) is 18.2 Å². The summed E-state index contributed by atoms with van der Waals surface area (Å²) in [7, 11) is 1.67. The van der Waals surface area contributed by atoms with Crippen molar-refractivity contribution in [2.24, 2.45) is 0 Å². The van der Waals surface area contributed by atoms with Gasteiger partial charge in [0.1, 0.15) is 5.75 Å². The van der Waals surface area contributed by atoms with E-state index in [4.69, 9.17) is 9.47 Å². The van der Waals surface area contributed by atoms with Gasteiger partial charge in [-0.15, -0.1) is 0 Å². The number of methoxy groups -OCH3 is 1. The number of carbonyl (C=O) groups excluding carboxylic acids is 1. The Morgan fingerprint density at radius 2 is 1.93 bits per heavy atom. The van der Waals surface area contributed by atoms with Gasteiger partial charge in [-0.3, -0.25) is 9.69 Å². The number of nitrogens with zero attached hydrogens (tertiary/aromatic N) is 3. The number of ether oxygens (including phenoxy) is 2. The first-order valence-corrected chi connectivity index (χ1v) is 9.52. The molecule has 0 radical (unpaired) electrons. The van der Waals surface area contributed by atoms with E-state index in [1.807, 2.05) is 24.3 Å². The van der Waals surface area contributed by atoms with Crippen LogP contribution in [0, 0.1) is 0 Å². The number of amides is 1. The molecule has 8 nitrogen and oxygen atoms in total. The van der Waals surface area contributed by atoms with Crippen LogP contribution in [-0.4, -0.2) is 73.8 Å². The Morgan fingerprint density at radius 3 is 2.68 bits per heavy atom. The standard InChI is InChI=1S/C20H27N5O3/c1-27-18-5-3-2-4-16(18)6-7-22-20-23-14-17(15-24-20)19(26)21-8-9-25-10-12-28-13-11-25/h2-5,14-15H,6-13H2,1H3,(H,21,26)(H,22,23,24). The van der Waals surface area contributed by atoms with Crippen molar-refractivity contribution in [3.63, 3.8) is 0 Å². The number of carbonyl (C=O) groups is 1. The predicted molar refractivity (Wildman–Crippen MR) is 107 cm³/mol. The molecule has 28 heavy (non-hydrogen) atoms. The van der Waals surface area contributed by atoms with Crippen molar-refractivity contribution in [1.82, 2.24) is 20.2 Å². The van der Waals surface area contributed by atoms with Gasteiger partial charge < -0.3 is 20.1 Å². The van der Waals surface area contributed by atoms with Gasteiger partial charge in [0.15, 0.2) is 0 Å². The minimum absolute atomic E-state index is 0.158. The average Bonchev–Trinajstić information content (AvgIpc) is 2.75. The van der Waals surface area contributed by atoms with Crippen LogP contribution in [0.25, 0.3) is 0 Å². The van der Waals surface area contributed by atoms with Crippen LogP contribution in [0.5, 0.6) is 5.75 Å². The SMILES string of the molecule is COc1ccccc1CCNc1ncc(C(=O)NCCN2CCOCC2)cn1. The van der Waals surface area contributed by atoms with Gasteiger partial charge in [0.2, 0.25) is 5.95 Å². The number of anilines is 1. The maximum absolute atomic E-state index is 12.2. The molecule has 3 rings (SSSR count). The first kappa shape index (κ1) is 20.0. The molecule has 0 saturated carbocycles. The maximum atomic E-state index is 12.2. The molecule has 8 heteroatoms. The van der Waals surface area contributed by atoms with Crippen molar-refractivity contribution < 1.29 is 14.3 Å². The third-order valence-electron chi connectivity index (χ3n) is 4.60. The highest BCUT2D eigenvalue weighted by atomic mass is 16.5. The normalized spacial score (nSPS) is 14.5. The topological polar surface area (TPSA) is 88.6 Å². The first-order chi connectivity index (χ1) is 13.8. The van der Waals surface area contributed by atoms with Gasteiger partial charge >= 0.3 is 0 Å². The van der Waals surface area contributed by atoms with E-state index >= 15 is 0 Å². The van der Waals surface area contributed by atoms with Crippen LogP contribution in [0.1, 0.15) is 15.9 Å². The highest BCUT2D eigenvalue weighted by molar-refractivity contribution is 5.93. The molecule has 150 valence electrons. The minimum atomic E-state index is -0.158. The van der Waals surface area contributed by atoms with Crippen molar-refractivity contribution >= 4 is 11.9 Å². The third-order valence-corrected chi connectivity index (χ3v) is 4.60. The summed E-state index contributed by atoms with van der Waals surface area (Å²) in [6.07, 6.45) is 3.88. The fraction of sp³-hybridized carbons (Fsp3) is 0.450. The molecule has 1 aliphatic heterocycles. The van der Waals surface area contributed by atoms with Crippen LogP contribution >= 0.6 is 0 Å². The van der Waals surface area contributed by atoms with Gasteiger partial charge in [0.25, 0.3) is 5.91 Å². The van der Waals surface area contributed by atoms with E-state index in [-0.39, 0.29) is 5.91 Å². The Morgan fingerprint density at radius 1 is 1.18 bits per heavy atom. The van der Waals surface area contributed by atoms with Crippen LogP contribution in [0.4, 0.5) is 5.95 Å². The second-order valence-corrected chi connectivity index (χ2v) is 6.49. The lowest BCUT2D eigenvalue weighted by atomic mass is 10.1. The molecule has 1 aliphatic rings. The summed E-state index contributed by atoms with van der Waals surface area (Å²) < 4.78 is 10.7. The highest BCUT2D eigenvalue weighted by Gasteiger charge is 2.11. The largest absolute Gasteiger partial charge is 0.496 e. The second kappa shape index (κ2) is 10.6. The van der Waals surface area contributed by atoms with Gasteiger partial charge in [0.05, 0.1) is 25.9 Å². The highest BCUT2D eigenvalue weighted by Crippen LogP contribution is 2.17. The predicted octanol–water partition coefficient (Wildman–Crippen LogP) is 1.20.